The molecule has 128 valence electrons. The second kappa shape index (κ2) is 5.06. The predicted octanol–water partition coefficient (Wildman–Crippen LogP) is 3.11. The summed E-state index contributed by atoms with van der Waals surface area (Å²) >= 11 is 0. The largest absolute Gasteiger partial charge is 0.411 e. The second-order valence-electron chi connectivity index (χ2n) is 8.90. The van der Waals surface area contributed by atoms with Gasteiger partial charge in [0.25, 0.3) is 0 Å². The molecule has 23 heavy (non-hydrogen) atoms. The molecule has 0 spiro atoms. The molecular formula is C19H29NO3. The highest BCUT2D eigenvalue weighted by atomic mass is 16.4. The maximum Gasteiger partial charge on any atom is 0.101 e. The van der Waals surface area contributed by atoms with Crippen LogP contribution in [0.2, 0.25) is 0 Å². The Balaban J connectivity index is 1.69. The molecule has 4 nitrogen and oxygen atoms in total. The third kappa shape index (κ3) is 2.00. The van der Waals surface area contributed by atoms with Crippen molar-refractivity contribution in [2.75, 3.05) is 0 Å². The number of aliphatic hydroxyl groups excluding tert-OH is 2. The van der Waals surface area contributed by atoms with E-state index in [1.807, 2.05) is 0 Å². The lowest BCUT2D eigenvalue weighted by atomic mass is 9.48. The number of hydrogen-bond acceptors (Lipinski definition) is 4. The molecule has 3 N–H and O–H groups in total. The standard InChI is InChI=1S/C19H29NO3/c1-18-7-5-12(21)9-11(18)3-4-13-14(18)6-8-19(2)15(13)10-16(20-23)17(19)22/h3,12-15,17,21-23H,4-10H2,1-2H3/b20-16+/t12?,13-,14+,15+,17?,18+,19+/m1/s1. The van der Waals surface area contributed by atoms with E-state index < -0.39 is 6.10 Å². The number of allylic oxidation sites excluding steroid dienone is 1. The Bertz CT molecular complexity index is 571. The van der Waals surface area contributed by atoms with Crippen LogP contribution >= 0.6 is 0 Å². The van der Waals surface area contributed by atoms with Gasteiger partial charge >= 0.3 is 0 Å². The molecule has 0 aliphatic heterocycles. The lowest BCUT2D eigenvalue weighted by Crippen LogP contribution is -2.51. The molecule has 7 atom stereocenters. The fraction of sp³-hybridized carbons (Fsp3) is 0.842. The maximum atomic E-state index is 10.6. The average molecular weight is 319 g/mol. The Morgan fingerprint density at radius 3 is 2.61 bits per heavy atom. The number of hydrogen-bond donors (Lipinski definition) is 3. The van der Waals surface area contributed by atoms with Gasteiger partial charge in [-0.05, 0) is 68.1 Å². The van der Waals surface area contributed by atoms with Crippen molar-refractivity contribution in [2.24, 2.45) is 33.7 Å². The van der Waals surface area contributed by atoms with Crippen LogP contribution in [0, 0.1) is 28.6 Å². The second-order valence-corrected chi connectivity index (χ2v) is 8.90. The Labute approximate surface area is 138 Å². The highest BCUT2D eigenvalue weighted by molar-refractivity contribution is 5.91. The molecule has 0 heterocycles. The summed E-state index contributed by atoms with van der Waals surface area (Å²) in [6, 6.07) is 0. The monoisotopic (exact) mass is 319 g/mol. The van der Waals surface area contributed by atoms with Crippen molar-refractivity contribution in [2.45, 2.75) is 71.0 Å². The first-order valence-electron chi connectivity index (χ1n) is 9.16. The van der Waals surface area contributed by atoms with Crippen LogP contribution in [-0.4, -0.2) is 33.3 Å². The minimum absolute atomic E-state index is 0.140. The molecule has 0 radical (unpaired) electrons. The zero-order valence-corrected chi connectivity index (χ0v) is 14.2. The number of aliphatic hydroxyl groups is 2. The summed E-state index contributed by atoms with van der Waals surface area (Å²) in [5.41, 5.74) is 2.12. The summed E-state index contributed by atoms with van der Waals surface area (Å²) in [6.45, 7) is 4.58. The number of rotatable bonds is 0. The molecule has 0 aromatic carbocycles. The van der Waals surface area contributed by atoms with Crippen molar-refractivity contribution in [1.82, 2.24) is 0 Å². The molecule has 0 amide bonds. The van der Waals surface area contributed by atoms with Crippen molar-refractivity contribution < 1.29 is 15.4 Å². The normalized spacial score (nSPS) is 54.2. The summed E-state index contributed by atoms with van der Waals surface area (Å²) in [6.07, 6.45) is 8.38. The Hall–Kier alpha value is -0.870. The van der Waals surface area contributed by atoms with Crippen LogP contribution in [0.3, 0.4) is 0 Å². The van der Waals surface area contributed by atoms with Crippen molar-refractivity contribution in [3.63, 3.8) is 0 Å². The summed E-state index contributed by atoms with van der Waals surface area (Å²) in [7, 11) is 0. The molecule has 0 aromatic rings. The molecular weight excluding hydrogens is 290 g/mol. The molecule has 0 saturated heterocycles. The predicted molar refractivity (Wildman–Crippen MR) is 88.3 cm³/mol. The summed E-state index contributed by atoms with van der Waals surface area (Å²) in [5.74, 6) is 1.61. The van der Waals surface area contributed by atoms with E-state index in [-0.39, 0.29) is 16.9 Å². The van der Waals surface area contributed by atoms with Crippen LogP contribution in [0.15, 0.2) is 16.8 Å². The summed E-state index contributed by atoms with van der Waals surface area (Å²) in [4.78, 5) is 0. The minimum Gasteiger partial charge on any atom is -0.411 e. The molecule has 4 aliphatic carbocycles. The van der Waals surface area contributed by atoms with E-state index in [2.05, 4.69) is 25.1 Å². The summed E-state index contributed by atoms with van der Waals surface area (Å²) < 4.78 is 0. The first-order valence-corrected chi connectivity index (χ1v) is 9.16. The highest BCUT2D eigenvalue weighted by Gasteiger charge is 2.60. The number of oxime groups is 1. The van der Waals surface area contributed by atoms with Gasteiger partial charge in [0.2, 0.25) is 0 Å². The van der Waals surface area contributed by atoms with Gasteiger partial charge < -0.3 is 15.4 Å². The maximum absolute atomic E-state index is 10.6. The van der Waals surface area contributed by atoms with E-state index >= 15 is 0 Å². The SMILES string of the molecule is C[C@]12CCC(O)CC1=CC[C@@H]1[C@@H]2CC[C@]2(C)C(O)/C(=N/O)C[C@@H]12. The molecule has 3 saturated carbocycles. The topological polar surface area (TPSA) is 73.0 Å². The third-order valence-electron chi connectivity index (χ3n) is 8.01. The van der Waals surface area contributed by atoms with Crippen molar-refractivity contribution in [3.8, 4) is 0 Å². The van der Waals surface area contributed by atoms with Gasteiger partial charge in [0.1, 0.15) is 6.10 Å². The van der Waals surface area contributed by atoms with Crippen LogP contribution in [0.5, 0.6) is 0 Å². The van der Waals surface area contributed by atoms with Crippen molar-refractivity contribution >= 4 is 5.71 Å². The van der Waals surface area contributed by atoms with Gasteiger partial charge in [-0.3, -0.25) is 0 Å². The Kier molecular flexibility index (Phi) is 3.44. The van der Waals surface area contributed by atoms with Crippen LogP contribution in [0.25, 0.3) is 0 Å². The molecule has 4 aliphatic rings. The first kappa shape index (κ1) is 15.6. The van der Waals surface area contributed by atoms with Crippen LogP contribution in [-0.2, 0) is 0 Å². The third-order valence-corrected chi connectivity index (χ3v) is 8.01. The molecule has 3 fully saturated rings. The lowest BCUT2D eigenvalue weighted by molar-refractivity contribution is -0.0671. The fourth-order valence-corrected chi connectivity index (χ4v) is 6.53. The van der Waals surface area contributed by atoms with E-state index in [1.165, 1.54) is 5.57 Å². The van der Waals surface area contributed by atoms with E-state index in [0.717, 1.165) is 44.9 Å². The fourth-order valence-electron chi connectivity index (χ4n) is 6.53. The number of fused-ring (bicyclic) bond motifs is 5. The smallest absolute Gasteiger partial charge is 0.101 e. The van der Waals surface area contributed by atoms with Crippen molar-refractivity contribution in [1.29, 1.82) is 0 Å². The quantitative estimate of drug-likeness (QED) is 0.365. The number of nitrogens with zero attached hydrogens (tertiary/aromatic N) is 1. The van der Waals surface area contributed by atoms with Gasteiger partial charge in [0.15, 0.2) is 0 Å². The molecule has 2 unspecified atom stereocenters. The Morgan fingerprint density at radius 2 is 1.87 bits per heavy atom. The molecule has 4 heteroatoms. The van der Waals surface area contributed by atoms with Crippen molar-refractivity contribution in [3.05, 3.63) is 11.6 Å². The van der Waals surface area contributed by atoms with Crippen LogP contribution < -0.4 is 0 Å². The molecule has 4 rings (SSSR count). The van der Waals surface area contributed by atoms with Gasteiger partial charge in [-0.25, -0.2) is 0 Å². The molecule has 0 aromatic heterocycles. The molecule has 0 bridgehead atoms. The van der Waals surface area contributed by atoms with E-state index in [0.29, 0.717) is 23.5 Å². The minimum atomic E-state index is -0.593. The van der Waals surface area contributed by atoms with Crippen LogP contribution in [0.4, 0.5) is 0 Å². The summed E-state index contributed by atoms with van der Waals surface area (Å²) in [5, 5.41) is 33.3. The van der Waals surface area contributed by atoms with Gasteiger partial charge in [-0.1, -0.05) is 30.7 Å². The zero-order valence-electron chi connectivity index (χ0n) is 14.2. The van der Waals surface area contributed by atoms with E-state index in [9.17, 15) is 15.4 Å². The first-order chi connectivity index (χ1) is 10.9. The van der Waals surface area contributed by atoms with E-state index in [1.54, 1.807) is 0 Å². The van der Waals surface area contributed by atoms with Gasteiger partial charge in [-0.2, -0.15) is 0 Å². The average Bonchev–Trinajstić information content (AvgIpc) is 2.79. The Morgan fingerprint density at radius 1 is 1.09 bits per heavy atom. The van der Waals surface area contributed by atoms with Gasteiger partial charge in [0, 0.05) is 5.41 Å². The van der Waals surface area contributed by atoms with E-state index in [4.69, 9.17) is 0 Å². The van der Waals surface area contributed by atoms with Gasteiger partial charge in [0.05, 0.1) is 11.8 Å². The van der Waals surface area contributed by atoms with Gasteiger partial charge in [-0.15, -0.1) is 0 Å². The highest BCUT2D eigenvalue weighted by Crippen LogP contribution is 2.64. The van der Waals surface area contributed by atoms with Crippen LogP contribution in [0.1, 0.15) is 58.8 Å². The lowest BCUT2D eigenvalue weighted by Gasteiger charge is -2.57. The zero-order chi connectivity index (χ0) is 16.4.